The zero-order chi connectivity index (χ0) is 16.6. The standard InChI is InChI=1S/C20H24N2O2/c1-24-19-5-2-16(15-6-9-21-10-7-15)12-17(19)13-22-11-8-20(23,14-22)18-3-4-18/h2,5-7,9-10,12,18,23H,3-4,8,11,13-14H2,1H3. The molecule has 1 saturated carbocycles. The van der Waals surface area contributed by atoms with Crippen LogP contribution in [0, 0.1) is 5.92 Å². The van der Waals surface area contributed by atoms with Crippen LogP contribution in [0.15, 0.2) is 42.7 Å². The fourth-order valence-electron chi connectivity index (χ4n) is 3.85. The van der Waals surface area contributed by atoms with Crippen LogP contribution in [0.4, 0.5) is 0 Å². The van der Waals surface area contributed by atoms with E-state index in [-0.39, 0.29) is 0 Å². The Morgan fingerprint density at radius 2 is 2.00 bits per heavy atom. The number of rotatable bonds is 5. The largest absolute Gasteiger partial charge is 0.496 e. The van der Waals surface area contributed by atoms with Crippen LogP contribution in [-0.2, 0) is 6.54 Å². The van der Waals surface area contributed by atoms with E-state index in [1.54, 1.807) is 7.11 Å². The molecule has 1 aromatic carbocycles. The first-order valence-corrected chi connectivity index (χ1v) is 8.70. The van der Waals surface area contributed by atoms with Crippen molar-refractivity contribution in [3.63, 3.8) is 0 Å². The summed E-state index contributed by atoms with van der Waals surface area (Å²) in [5, 5.41) is 10.8. The van der Waals surface area contributed by atoms with Gasteiger partial charge in [0.25, 0.3) is 0 Å². The van der Waals surface area contributed by atoms with Gasteiger partial charge in [-0.3, -0.25) is 9.88 Å². The van der Waals surface area contributed by atoms with Crippen molar-refractivity contribution < 1.29 is 9.84 Å². The van der Waals surface area contributed by atoms with Gasteiger partial charge in [-0.2, -0.15) is 0 Å². The molecule has 2 fully saturated rings. The van der Waals surface area contributed by atoms with Gasteiger partial charge in [-0.25, -0.2) is 0 Å². The van der Waals surface area contributed by atoms with Crippen molar-refractivity contribution in [2.75, 3.05) is 20.2 Å². The molecule has 126 valence electrons. The molecule has 0 amide bonds. The monoisotopic (exact) mass is 324 g/mol. The Hall–Kier alpha value is -1.91. The summed E-state index contributed by atoms with van der Waals surface area (Å²) in [6, 6.07) is 10.4. The van der Waals surface area contributed by atoms with Gasteiger partial charge < -0.3 is 9.84 Å². The van der Waals surface area contributed by atoms with Crippen LogP contribution in [0.25, 0.3) is 11.1 Å². The molecule has 1 unspecified atom stereocenters. The Kier molecular flexibility index (Phi) is 4.02. The second-order valence-electron chi connectivity index (χ2n) is 7.10. The van der Waals surface area contributed by atoms with E-state index in [0.717, 1.165) is 37.4 Å². The number of β-amino-alcohol motifs (C(OH)–C–C–N with tert-alkyl or cyclic N) is 1. The molecule has 24 heavy (non-hydrogen) atoms. The van der Waals surface area contributed by atoms with Crippen LogP contribution < -0.4 is 4.74 Å². The third kappa shape index (κ3) is 3.04. The van der Waals surface area contributed by atoms with Crippen molar-refractivity contribution in [3.8, 4) is 16.9 Å². The molecule has 1 atom stereocenters. The number of likely N-dealkylation sites (tertiary alicyclic amines) is 1. The maximum Gasteiger partial charge on any atom is 0.123 e. The minimum Gasteiger partial charge on any atom is -0.496 e. The van der Waals surface area contributed by atoms with Gasteiger partial charge in [-0.05, 0) is 60.6 Å². The number of aliphatic hydroxyl groups is 1. The highest BCUT2D eigenvalue weighted by atomic mass is 16.5. The minimum atomic E-state index is -0.462. The molecule has 1 N–H and O–H groups in total. The molecule has 1 aliphatic carbocycles. The summed E-state index contributed by atoms with van der Waals surface area (Å²) in [6.07, 6.45) is 6.89. The summed E-state index contributed by atoms with van der Waals surface area (Å²) in [6.45, 7) is 2.55. The second kappa shape index (κ2) is 6.19. The number of aromatic nitrogens is 1. The SMILES string of the molecule is COc1ccc(-c2ccncc2)cc1CN1CCC(O)(C2CC2)C1. The van der Waals surface area contributed by atoms with Crippen LogP contribution >= 0.6 is 0 Å². The summed E-state index contributed by atoms with van der Waals surface area (Å²) in [7, 11) is 1.72. The van der Waals surface area contributed by atoms with Gasteiger partial charge in [0.15, 0.2) is 0 Å². The van der Waals surface area contributed by atoms with E-state index in [9.17, 15) is 5.11 Å². The fourth-order valence-corrected chi connectivity index (χ4v) is 3.85. The number of methoxy groups -OCH3 is 1. The molecule has 4 nitrogen and oxygen atoms in total. The van der Waals surface area contributed by atoms with Crippen LogP contribution in [-0.4, -0.2) is 40.8 Å². The van der Waals surface area contributed by atoms with Gasteiger partial charge in [0.05, 0.1) is 12.7 Å². The smallest absolute Gasteiger partial charge is 0.123 e. The maximum absolute atomic E-state index is 10.8. The molecular weight excluding hydrogens is 300 g/mol. The molecular formula is C20H24N2O2. The molecule has 2 aliphatic rings. The van der Waals surface area contributed by atoms with Crippen LogP contribution in [0.3, 0.4) is 0 Å². The van der Waals surface area contributed by atoms with Gasteiger partial charge in [-0.1, -0.05) is 6.07 Å². The molecule has 1 aliphatic heterocycles. The van der Waals surface area contributed by atoms with Crippen molar-refractivity contribution in [2.45, 2.75) is 31.4 Å². The Labute approximate surface area is 143 Å². The molecule has 4 heteroatoms. The molecule has 2 aromatic rings. The molecule has 4 rings (SSSR count). The van der Waals surface area contributed by atoms with E-state index >= 15 is 0 Å². The predicted octanol–water partition coefficient (Wildman–Crippen LogP) is 3.10. The van der Waals surface area contributed by atoms with E-state index in [1.165, 1.54) is 24.0 Å². The lowest BCUT2D eigenvalue weighted by Gasteiger charge is -2.23. The van der Waals surface area contributed by atoms with E-state index < -0.39 is 5.60 Å². The molecule has 0 bridgehead atoms. The molecule has 0 spiro atoms. The molecule has 2 heterocycles. The third-order valence-electron chi connectivity index (χ3n) is 5.38. The Bertz CT molecular complexity index is 715. The van der Waals surface area contributed by atoms with E-state index in [0.29, 0.717) is 5.92 Å². The van der Waals surface area contributed by atoms with Crippen molar-refractivity contribution in [2.24, 2.45) is 5.92 Å². The van der Waals surface area contributed by atoms with E-state index in [4.69, 9.17) is 4.74 Å². The summed E-state index contributed by atoms with van der Waals surface area (Å²) in [5.74, 6) is 1.43. The van der Waals surface area contributed by atoms with Crippen molar-refractivity contribution in [1.29, 1.82) is 0 Å². The number of nitrogens with zero attached hydrogens (tertiary/aromatic N) is 2. The fraction of sp³-hybridized carbons (Fsp3) is 0.450. The van der Waals surface area contributed by atoms with Crippen LogP contribution in [0.2, 0.25) is 0 Å². The number of benzene rings is 1. The quantitative estimate of drug-likeness (QED) is 0.918. The van der Waals surface area contributed by atoms with Crippen molar-refractivity contribution in [3.05, 3.63) is 48.3 Å². The Morgan fingerprint density at radius 3 is 2.71 bits per heavy atom. The normalized spacial score (nSPS) is 24.2. The zero-order valence-electron chi connectivity index (χ0n) is 14.1. The molecule has 0 radical (unpaired) electrons. The van der Waals surface area contributed by atoms with Gasteiger partial charge in [0, 0.05) is 37.6 Å². The number of hydrogen-bond donors (Lipinski definition) is 1. The van der Waals surface area contributed by atoms with Gasteiger partial charge in [0.2, 0.25) is 0 Å². The molecule has 1 aromatic heterocycles. The Balaban J connectivity index is 1.55. The first kappa shape index (κ1) is 15.6. The summed E-state index contributed by atoms with van der Waals surface area (Å²) in [5.41, 5.74) is 3.04. The highest BCUT2D eigenvalue weighted by molar-refractivity contribution is 5.65. The zero-order valence-corrected chi connectivity index (χ0v) is 14.1. The van der Waals surface area contributed by atoms with E-state index in [1.807, 2.05) is 30.6 Å². The topological polar surface area (TPSA) is 45.6 Å². The van der Waals surface area contributed by atoms with Crippen LogP contribution in [0.1, 0.15) is 24.8 Å². The lowest BCUT2D eigenvalue weighted by atomic mass is 9.97. The van der Waals surface area contributed by atoms with Gasteiger partial charge in [-0.15, -0.1) is 0 Å². The van der Waals surface area contributed by atoms with Crippen LogP contribution in [0.5, 0.6) is 5.75 Å². The molecule has 1 saturated heterocycles. The summed E-state index contributed by atoms with van der Waals surface area (Å²) >= 11 is 0. The average molecular weight is 324 g/mol. The highest BCUT2D eigenvalue weighted by Crippen LogP contribution is 2.44. The summed E-state index contributed by atoms with van der Waals surface area (Å²) in [4.78, 5) is 6.44. The Morgan fingerprint density at radius 1 is 1.21 bits per heavy atom. The lowest BCUT2D eigenvalue weighted by Crippen LogP contribution is -2.35. The lowest BCUT2D eigenvalue weighted by molar-refractivity contribution is 0.0262. The van der Waals surface area contributed by atoms with E-state index in [2.05, 4.69) is 22.0 Å². The first-order valence-electron chi connectivity index (χ1n) is 8.70. The first-order chi connectivity index (χ1) is 11.7. The highest BCUT2D eigenvalue weighted by Gasteiger charge is 2.47. The predicted molar refractivity (Wildman–Crippen MR) is 93.8 cm³/mol. The number of ether oxygens (including phenoxy) is 1. The number of pyridine rings is 1. The van der Waals surface area contributed by atoms with Gasteiger partial charge >= 0.3 is 0 Å². The minimum absolute atomic E-state index is 0.462. The van der Waals surface area contributed by atoms with Crippen molar-refractivity contribution in [1.82, 2.24) is 9.88 Å². The second-order valence-corrected chi connectivity index (χ2v) is 7.10. The average Bonchev–Trinajstić information content (AvgIpc) is 3.41. The number of hydrogen-bond acceptors (Lipinski definition) is 4. The summed E-state index contributed by atoms with van der Waals surface area (Å²) < 4.78 is 5.56. The van der Waals surface area contributed by atoms with Gasteiger partial charge in [0.1, 0.15) is 5.75 Å². The maximum atomic E-state index is 10.8. The van der Waals surface area contributed by atoms with Crippen molar-refractivity contribution >= 4 is 0 Å². The third-order valence-corrected chi connectivity index (χ3v) is 5.38.